The molecular formula is C14H27NO2S3Si. The van der Waals surface area contributed by atoms with Crippen molar-refractivity contribution in [2.24, 2.45) is 5.92 Å². The summed E-state index contributed by atoms with van der Waals surface area (Å²) in [6.07, 6.45) is -0.644. The summed E-state index contributed by atoms with van der Waals surface area (Å²) < 4.78 is 2.62. The van der Waals surface area contributed by atoms with Crippen LogP contribution < -0.4 is 0 Å². The Kier molecular flexibility index (Phi) is 5.93. The molecule has 1 heterocycles. The topological polar surface area (TPSA) is 40.5 Å². The molecule has 21 heavy (non-hydrogen) atoms. The predicted octanol–water partition coefficient (Wildman–Crippen LogP) is 2.63. The zero-order chi connectivity index (χ0) is 16.7. The van der Waals surface area contributed by atoms with Crippen LogP contribution in [0.1, 0.15) is 34.6 Å². The van der Waals surface area contributed by atoms with Crippen molar-refractivity contribution >= 4 is 53.4 Å². The van der Waals surface area contributed by atoms with Crippen LogP contribution in [0.4, 0.5) is 0 Å². The summed E-state index contributed by atoms with van der Waals surface area (Å²) in [7, 11) is -2.28. The van der Waals surface area contributed by atoms with Crippen molar-refractivity contribution in [3.05, 3.63) is 0 Å². The van der Waals surface area contributed by atoms with Gasteiger partial charge in [0.25, 0.3) is 0 Å². The van der Waals surface area contributed by atoms with E-state index in [-0.39, 0.29) is 33.1 Å². The predicted molar refractivity (Wildman–Crippen MR) is 101 cm³/mol. The minimum Gasteiger partial charge on any atom is -0.392 e. The van der Waals surface area contributed by atoms with Crippen LogP contribution in [0.25, 0.3) is 0 Å². The van der Waals surface area contributed by atoms with Crippen LogP contribution in [-0.2, 0) is 28.3 Å². The Balaban J connectivity index is 3.25. The molecule has 1 saturated heterocycles. The van der Waals surface area contributed by atoms with Gasteiger partial charge in [0.1, 0.15) is 11.7 Å². The summed E-state index contributed by atoms with van der Waals surface area (Å²) in [6, 6.07) is 0. The van der Waals surface area contributed by atoms with Gasteiger partial charge >= 0.3 is 0 Å². The summed E-state index contributed by atoms with van der Waals surface area (Å²) >= 11 is 10.5. The van der Waals surface area contributed by atoms with Gasteiger partial charge in [-0.3, -0.25) is 4.79 Å². The minimum absolute atomic E-state index is 0.00612. The standard InChI is InChI=1S/C14H27NO2S3Si/c1-8-20(13(18)19)12-10(9(2)16)11(17)15(12)21(6,7)14(3,4)5/h9-10,12,16H,8H2,1-7H3. The molecule has 0 radical (unpaired) electrons. The molecule has 1 aliphatic rings. The number of rotatable bonds is 4. The van der Waals surface area contributed by atoms with Crippen molar-refractivity contribution < 1.29 is 9.90 Å². The first-order valence-corrected chi connectivity index (χ1v) is 12.5. The van der Waals surface area contributed by atoms with Gasteiger partial charge in [0.15, 0.2) is 8.24 Å². The first kappa shape index (κ1) is 19.4. The number of carbonyl (C=O) groups excluding carboxylic acids is 1. The number of hydrogen-bond acceptors (Lipinski definition) is 4. The Morgan fingerprint density at radius 2 is 2.00 bits per heavy atom. The van der Waals surface area contributed by atoms with E-state index in [0.717, 1.165) is 5.75 Å². The molecule has 1 N–H and O–H groups in total. The van der Waals surface area contributed by atoms with Crippen LogP contribution in [0.3, 0.4) is 0 Å². The van der Waals surface area contributed by atoms with Gasteiger partial charge in [0.2, 0.25) is 11.3 Å². The molecule has 0 aromatic rings. The third kappa shape index (κ3) is 3.32. The molecule has 1 fully saturated rings. The van der Waals surface area contributed by atoms with Gasteiger partial charge in [0, 0.05) is 10.9 Å². The van der Waals surface area contributed by atoms with Crippen LogP contribution in [0.5, 0.6) is 0 Å². The lowest BCUT2D eigenvalue weighted by Crippen LogP contribution is -2.76. The minimum atomic E-state index is -1.99. The summed E-state index contributed by atoms with van der Waals surface area (Å²) in [6.45, 7) is 14.8. The van der Waals surface area contributed by atoms with E-state index in [1.807, 2.05) is 0 Å². The van der Waals surface area contributed by atoms with Crippen LogP contribution in [0.2, 0.25) is 18.1 Å². The lowest BCUT2D eigenvalue weighted by atomic mass is 9.96. The second-order valence-electron chi connectivity index (χ2n) is 7.14. The number of carbonyl (C=O) groups is 1. The van der Waals surface area contributed by atoms with Gasteiger partial charge in [-0.25, -0.2) is 0 Å². The molecule has 7 heteroatoms. The third-order valence-corrected chi connectivity index (χ3v) is 13.8. The largest absolute Gasteiger partial charge is 0.392 e. The number of hydrogen-bond donors (Lipinski definition) is 1. The van der Waals surface area contributed by atoms with Crippen molar-refractivity contribution in [1.82, 2.24) is 4.57 Å². The second kappa shape index (κ2) is 6.43. The van der Waals surface area contributed by atoms with Gasteiger partial charge < -0.3 is 34.5 Å². The monoisotopic (exact) mass is 365 g/mol. The number of aliphatic hydroxyl groups is 1. The Hall–Kier alpha value is 0.307. The Bertz CT molecular complexity index is 432. The van der Waals surface area contributed by atoms with E-state index in [9.17, 15) is 9.90 Å². The fraction of sp³-hybridized carbons (Fsp3) is 0.857. The highest BCUT2D eigenvalue weighted by Crippen LogP contribution is 2.47. The van der Waals surface area contributed by atoms with Crippen LogP contribution >= 0.6 is 12.2 Å². The SMILES string of the molecule is CC[S+](C(=S)[S-])C1C(C(C)O)C(=O)N1[Si](C)(C)C(C)(C)C. The molecule has 0 spiro atoms. The highest BCUT2D eigenvalue weighted by atomic mass is 32.3. The third-order valence-electron chi connectivity index (χ3n) is 4.86. The molecule has 0 aliphatic carbocycles. The van der Waals surface area contributed by atoms with Crippen molar-refractivity contribution in [2.45, 2.75) is 64.2 Å². The van der Waals surface area contributed by atoms with E-state index in [1.54, 1.807) is 6.92 Å². The summed E-state index contributed by atoms with van der Waals surface area (Å²) in [5.74, 6) is 0.580. The van der Waals surface area contributed by atoms with Crippen LogP contribution in [0.15, 0.2) is 0 Å². The number of nitrogens with zero attached hydrogens (tertiary/aromatic N) is 1. The average molecular weight is 366 g/mol. The normalized spacial score (nSPS) is 26.3. The van der Waals surface area contributed by atoms with Crippen LogP contribution in [0, 0.1) is 5.92 Å². The molecule has 3 nitrogen and oxygen atoms in total. The van der Waals surface area contributed by atoms with Crippen molar-refractivity contribution in [3.8, 4) is 0 Å². The molecule has 4 unspecified atom stereocenters. The molecule has 0 saturated carbocycles. The zero-order valence-electron chi connectivity index (χ0n) is 14.0. The zero-order valence-corrected chi connectivity index (χ0v) is 17.4. The number of β-lactam (4-membered cyclic amide) rings is 1. The Morgan fingerprint density at radius 1 is 1.52 bits per heavy atom. The smallest absolute Gasteiger partial charge is 0.231 e. The molecule has 4 atom stereocenters. The van der Waals surface area contributed by atoms with Gasteiger partial charge in [-0.1, -0.05) is 33.9 Å². The van der Waals surface area contributed by atoms with E-state index in [0.29, 0.717) is 3.53 Å². The van der Waals surface area contributed by atoms with E-state index >= 15 is 0 Å². The Labute approximate surface area is 143 Å². The lowest BCUT2D eigenvalue weighted by Gasteiger charge is -2.57. The fourth-order valence-electron chi connectivity index (χ4n) is 2.58. The van der Waals surface area contributed by atoms with E-state index < -0.39 is 14.3 Å². The number of amides is 1. The lowest BCUT2D eigenvalue weighted by molar-refractivity contribution is -0.149. The maximum atomic E-state index is 12.7. The van der Waals surface area contributed by atoms with Gasteiger partial charge in [-0.2, -0.15) is 0 Å². The molecule has 0 aromatic heterocycles. The van der Waals surface area contributed by atoms with Gasteiger partial charge in [-0.15, -0.1) is 0 Å². The first-order chi connectivity index (χ1) is 9.37. The highest BCUT2D eigenvalue weighted by molar-refractivity contribution is 8.35. The van der Waals surface area contributed by atoms with Crippen molar-refractivity contribution in [2.75, 3.05) is 5.75 Å². The first-order valence-electron chi connectivity index (χ1n) is 7.29. The van der Waals surface area contributed by atoms with Crippen molar-refractivity contribution in [3.63, 3.8) is 0 Å². The second-order valence-corrected chi connectivity index (χ2v) is 16.2. The van der Waals surface area contributed by atoms with Gasteiger partial charge in [0.05, 0.1) is 9.63 Å². The molecule has 1 amide bonds. The maximum Gasteiger partial charge on any atom is 0.231 e. The quantitative estimate of drug-likeness (QED) is 0.273. The summed E-state index contributed by atoms with van der Waals surface area (Å²) in [5.41, 5.74) is 0. The van der Waals surface area contributed by atoms with E-state index in [4.69, 9.17) is 24.8 Å². The van der Waals surface area contributed by atoms with Crippen molar-refractivity contribution in [1.29, 1.82) is 0 Å². The highest BCUT2D eigenvalue weighted by Gasteiger charge is 2.64. The van der Waals surface area contributed by atoms with Gasteiger partial charge in [-0.05, 0) is 18.9 Å². The summed E-state index contributed by atoms with van der Waals surface area (Å²) in [4.78, 5) is 12.7. The molecule has 0 aromatic carbocycles. The molecular weight excluding hydrogens is 338 g/mol. The molecule has 0 bridgehead atoms. The van der Waals surface area contributed by atoms with Crippen LogP contribution in [-0.4, -0.2) is 44.6 Å². The maximum absolute atomic E-state index is 12.7. The molecule has 1 aliphatic heterocycles. The summed E-state index contributed by atoms with van der Waals surface area (Å²) in [5, 5.41) is 10.1. The number of aliphatic hydroxyl groups excluding tert-OH is 1. The fourth-order valence-corrected chi connectivity index (χ4v) is 9.10. The van der Waals surface area contributed by atoms with E-state index in [2.05, 4.69) is 45.4 Å². The van der Waals surface area contributed by atoms with E-state index in [1.165, 1.54) is 0 Å². The molecule has 1 rings (SSSR count). The molecule has 122 valence electrons. The average Bonchev–Trinajstić information content (AvgIpc) is 2.25. The Morgan fingerprint density at radius 3 is 2.29 bits per heavy atom. The number of thiocarbonyl (C=S) groups is 1.